The number of carbonyl (C=O) groups excluding carboxylic acids is 1. The van der Waals surface area contributed by atoms with Crippen molar-refractivity contribution < 1.29 is 4.79 Å². The van der Waals surface area contributed by atoms with E-state index in [0.29, 0.717) is 0 Å². The van der Waals surface area contributed by atoms with Crippen LogP contribution in [0.5, 0.6) is 0 Å². The number of anilines is 3. The summed E-state index contributed by atoms with van der Waals surface area (Å²) in [6.45, 7) is 7.68. The maximum Gasteiger partial charge on any atom is 0.242 e. The Morgan fingerprint density at radius 3 is 2.28 bits per heavy atom. The second kappa shape index (κ2) is 9.93. The number of aryl methyl sites for hydroxylation is 2. The molecule has 1 saturated heterocycles. The number of amides is 1. The molecule has 1 fully saturated rings. The summed E-state index contributed by atoms with van der Waals surface area (Å²) in [7, 11) is 4.06. The molecule has 4 aromatic rings. The molecular weight excluding hydrogens is 448 g/mol. The molecule has 7 nitrogen and oxygen atoms in total. The van der Waals surface area contributed by atoms with Crippen LogP contribution >= 0.6 is 0 Å². The quantitative estimate of drug-likeness (QED) is 0.440. The van der Waals surface area contributed by atoms with Crippen LogP contribution in [0.1, 0.15) is 11.1 Å². The number of pyridine rings is 1. The molecule has 2 aromatic carbocycles. The lowest BCUT2D eigenvalue weighted by molar-refractivity contribution is -0.129. The van der Waals surface area contributed by atoms with Gasteiger partial charge in [0.2, 0.25) is 5.91 Å². The minimum absolute atomic E-state index is 0.107. The van der Waals surface area contributed by atoms with E-state index in [0.717, 1.165) is 54.6 Å². The van der Waals surface area contributed by atoms with E-state index in [1.54, 1.807) is 0 Å². The van der Waals surface area contributed by atoms with Gasteiger partial charge in [0, 0.05) is 63.4 Å². The molecule has 0 saturated carbocycles. The van der Waals surface area contributed by atoms with Gasteiger partial charge in [-0.25, -0.2) is 4.98 Å². The van der Waals surface area contributed by atoms with Crippen molar-refractivity contribution in [3.05, 3.63) is 78.0 Å². The molecule has 0 bridgehead atoms. The van der Waals surface area contributed by atoms with Gasteiger partial charge in [-0.1, -0.05) is 36.4 Å². The second-order valence-electron chi connectivity index (χ2n) is 9.64. The van der Waals surface area contributed by atoms with Gasteiger partial charge in [0.25, 0.3) is 0 Å². The summed E-state index contributed by atoms with van der Waals surface area (Å²) in [4.78, 5) is 24.5. The number of nitrogens with zero attached hydrogens (tertiary/aromatic N) is 5. The number of fused-ring (bicyclic) bond motifs is 1. The van der Waals surface area contributed by atoms with E-state index in [2.05, 4.69) is 71.4 Å². The van der Waals surface area contributed by atoms with E-state index in [4.69, 9.17) is 4.98 Å². The third-order valence-corrected chi connectivity index (χ3v) is 6.98. The van der Waals surface area contributed by atoms with Gasteiger partial charge >= 0.3 is 0 Å². The van der Waals surface area contributed by atoms with Crippen LogP contribution in [0.4, 0.5) is 17.2 Å². The molecular formula is C29H34N6O. The minimum atomic E-state index is 0.107. The molecule has 0 radical (unpaired) electrons. The Morgan fingerprint density at radius 1 is 0.917 bits per heavy atom. The van der Waals surface area contributed by atoms with E-state index in [9.17, 15) is 4.79 Å². The molecule has 36 heavy (non-hydrogen) atoms. The zero-order valence-electron chi connectivity index (χ0n) is 21.5. The number of piperazine rings is 1. The molecule has 7 heteroatoms. The Labute approximate surface area is 213 Å². The van der Waals surface area contributed by atoms with Crippen LogP contribution in [0.15, 0.2) is 66.9 Å². The third kappa shape index (κ3) is 4.61. The maximum atomic E-state index is 13.2. The summed E-state index contributed by atoms with van der Waals surface area (Å²) in [6.07, 6.45) is 1.98. The van der Waals surface area contributed by atoms with Crippen molar-refractivity contribution in [3.63, 3.8) is 0 Å². The van der Waals surface area contributed by atoms with Gasteiger partial charge in [-0.3, -0.25) is 9.20 Å². The van der Waals surface area contributed by atoms with Gasteiger partial charge < -0.3 is 20.0 Å². The van der Waals surface area contributed by atoms with E-state index in [1.165, 1.54) is 16.8 Å². The van der Waals surface area contributed by atoms with Crippen molar-refractivity contribution in [3.8, 4) is 11.3 Å². The molecule has 1 aliphatic heterocycles. The zero-order chi connectivity index (χ0) is 25.2. The molecule has 0 aliphatic carbocycles. The van der Waals surface area contributed by atoms with Gasteiger partial charge in [0.1, 0.15) is 17.2 Å². The van der Waals surface area contributed by atoms with Gasteiger partial charge in [-0.2, -0.15) is 0 Å². The van der Waals surface area contributed by atoms with Crippen LogP contribution in [0.3, 0.4) is 0 Å². The number of para-hydroxylation sites is 1. The summed E-state index contributed by atoms with van der Waals surface area (Å²) >= 11 is 0. The van der Waals surface area contributed by atoms with Crippen LogP contribution in [0.25, 0.3) is 16.9 Å². The molecule has 3 heterocycles. The number of hydrogen-bond acceptors (Lipinski definition) is 5. The van der Waals surface area contributed by atoms with E-state index in [1.807, 2.05) is 47.8 Å². The smallest absolute Gasteiger partial charge is 0.242 e. The fourth-order valence-electron chi connectivity index (χ4n) is 5.04. The van der Waals surface area contributed by atoms with Crippen LogP contribution in [-0.4, -0.2) is 67.0 Å². The Morgan fingerprint density at radius 2 is 1.61 bits per heavy atom. The molecule has 0 spiro atoms. The average Bonchev–Trinajstić information content (AvgIpc) is 3.26. The highest BCUT2D eigenvalue weighted by molar-refractivity contribution is 5.84. The van der Waals surface area contributed by atoms with Gasteiger partial charge in [0.05, 0.1) is 6.54 Å². The highest BCUT2D eigenvalue weighted by Crippen LogP contribution is 2.30. The Hall–Kier alpha value is -4.00. The highest BCUT2D eigenvalue weighted by Gasteiger charge is 2.23. The van der Waals surface area contributed by atoms with E-state index in [-0.39, 0.29) is 12.5 Å². The first-order chi connectivity index (χ1) is 17.4. The van der Waals surface area contributed by atoms with Crippen LogP contribution in [-0.2, 0) is 4.79 Å². The number of imidazole rings is 1. The third-order valence-electron chi connectivity index (χ3n) is 6.98. The molecule has 1 aliphatic rings. The molecule has 5 rings (SSSR count). The standard InChI is InChI=1S/C29H34N6O/c1-21-8-7-9-22(2)28(21)34-18-16-33(17-19-34)26(36)20-30-29-27(31-25-10-5-6-15-35(25)29)23-11-13-24(14-12-23)32(3)4/h5-15,30H,16-20H2,1-4H3. The molecule has 2 aromatic heterocycles. The Bertz CT molecular complexity index is 1350. The van der Waals surface area contributed by atoms with Gasteiger partial charge in [0.15, 0.2) is 0 Å². The van der Waals surface area contributed by atoms with Crippen molar-refractivity contribution in [2.75, 3.05) is 61.9 Å². The number of hydrogen-bond donors (Lipinski definition) is 1. The average molecular weight is 483 g/mol. The topological polar surface area (TPSA) is 56.1 Å². The molecule has 1 N–H and O–H groups in total. The number of nitrogens with one attached hydrogen (secondary N) is 1. The van der Waals surface area contributed by atoms with Gasteiger partial charge in [-0.15, -0.1) is 0 Å². The largest absolute Gasteiger partial charge is 0.378 e. The fraction of sp³-hybridized carbons (Fsp3) is 0.310. The van der Waals surface area contributed by atoms with Crippen LogP contribution in [0.2, 0.25) is 0 Å². The van der Waals surface area contributed by atoms with E-state index >= 15 is 0 Å². The monoisotopic (exact) mass is 482 g/mol. The molecule has 186 valence electrons. The number of benzene rings is 2. The van der Waals surface area contributed by atoms with Gasteiger partial charge in [-0.05, 0) is 49.2 Å². The summed E-state index contributed by atoms with van der Waals surface area (Å²) in [6, 6.07) is 20.7. The number of rotatable bonds is 6. The highest BCUT2D eigenvalue weighted by atomic mass is 16.2. The van der Waals surface area contributed by atoms with Crippen molar-refractivity contribution >= 4 is 28.7 Å². The lowest BCUT2D eigenvalue weighted by atomic mass is 10.1. The second-order valence-corrected chi connectivity index (χ2v) is 9.64. The Balaban J connectivity index is 1.30. The zero-order valence-corrected chi connectivity index (χ0v) is 21.5. The fourth-order valence-corrected chi connectivity index (χ4v) is 5.04. The summed E-state index contributed by atoms with van der Waals surface area (Å²) in [5.41, 5.74) is 7.72. The van der Waals surface area contributed by atoms with Crippen molar-refractivity contribution in [2.24, 2.45) is 0 Å². The van der Waals surface area contributed by atoms with Crippen molar-refractivity contribution in [1.29, 1.82) is 0 Å². The molecule has 0 unspecified atom stereocenters. The van der Waals surface area contributed by atoms with Crippen molar-refractivity contribution in [2.45, 2.75) is 13.8 Å². The molecule has 1 amide bonds. The van der Waals surface area contributed by atoms with Crippen LogP contribution < -0.4 is 15.1 Å². The van der Waals surface area contributed by atoms with E-state index < -0.39 is 0 Å². The predicted molar refractivity (Wildman–Crippen MR) is 148 cm³/mol. The summed E-state index contributed by atoms with van der Waals surface area (Å²) in [5.74, 6) is 0.946. The van der Waals surface area contributed by atoms with Crippen molar-refractivity contribution in [1.82, 2.24) is 14.3 Å². The predicted octanol–water partition coefficient (Wildman–Crippen LogP) is 4.44. The maximum absolute atomic E-state index is 13.2. The number of carbonyl (C=O) groups is 1. The molecule has 0 atom stereocenters. The van der Waals surface area contributed by atoms with Crippen LogP contribution in [0, 0.1) is 13.8 Å². The Kier molecular flexibility index (Phi) is 6.55. The minimum Gasteiger partial charge on any atom is -0.378 e. The summed E-state index contributed by atoms with van der Waals surface area (Å²) < 4.78 is 2.02. The first-order valence-corrected chi connectivity index (χ1v) is 12.5. The SMILES string of the molecule is Cc1cccc(C)c1N1CCN(C(=O)CNc2c(-c3ccc(N(C)C)cc3)nc3ccccn23)CC1. The lowest BCUT2D eigenvalue weighted by Gasteiger charge is -2.37. The normalized spacial score (nSPS) is 13.8. The number of aromatic nitrogens is 2. The first-order valence-electron chi connectivity index (χ1n) is 12.5. The first kappa shape index (κ1) is 23.7. The lowest BCUT2D eigenvalue weighted by Crippen LogP contribution is -2.50. The summed E-state index contributed by atoms with van der Waals surface area (Å²) in [5, 5.41) is 3.42.